The molecule has 1 aromatic heterocycles. The Morgan fingerprint density at radius 3 is 2.32 bits per heavy atom. The predicted molar refractivity (Wildman–Crippen MR) is 153 cm³/mol. The van der Waals surface area contributed by atoms with Gasteiger partial charge in [0.2, 0.25) is 0 Å². The van der Waals surface area contributed by atoms with Crippen molar-refractivity contribution >= 4 is 11.7 Å². The van der Waals surface area contributed by atoms with Crippen molar-refractivity contribution in [2.45, 2.75) is 72.3 Å². The topological polar surface area (TPSA) is 68.3 Å². The van der Waals surface area contributed by atoms with E-state index in [1.165, 1.54) is 0 Å². The van der Waals surface area contributed by atoms with E-state index >= 15 is 0 Å². The fourth-order valence-electron chi connectivity index (χ4n) is 4.00. The zero-order valence-corrected chi connectivity index (χ0v) is 25.5. The number of pyridine rings is 1. The lowest BCUT2D eigenvalue weighted by Crippen LogP contribution is -2.45. The molecule has 1 atom stereocenters. The number of carbonyl (C=O) groups excluding carboxylic acids is 2. The lowest BCUT2D eigenvalue weighted by molar-refractivity contribution is -0.891. The molecule has 0 fully saturated rings. The minimum absolute atomic E-state index is 0.0478. The fourth-order valence-corrected chi connectivity index (χ4v) is 4.00. The molecular weight excluding hydrogens is 464 g/mol. The van der Waals surface area contributed by atoms with E-state index in [1.807, 2.05) is 26.1 Å². The summed E-state index contributed by atoms with van der Waals surface area (Å²) in [6.07, 6.45) is 7.69. The number of nitrogens with zero attached hydrogens (tertiary/aromatic N) is 3. The van der Waals surface area contributed by atoms with Crippen LogP contribution in [0.2, 0.25) is 0 Å². The number of aromatic nitrogens is 1. The zero-order valence-electron chi connectivity index (χ0n) is 25.5. The summed E-state index contributed by atoms with van der Waals surface area (Å²) in [7, 11) is 11.2. The molecule has 1 amide bonds. The van der Waals surface area contributed by atoms with Crippen LogP contribution in [-0.4, -0.2) is 99.3 Å². The van der Waals surface area contributed by atoms with Crippen LogP contribution in [0.5, 0.6) is 0 Å². The van der Waals surface area contributed by atoms with E-state index in [0.29, 0.717) is 30.9 Å². The van der Waals surface area contributed by atoms with E-state index in [2.05, 4.69) is 66.3 Å². The maximum Gasteiger partial charge on any atom is 0.252 e. The van der Waals surface area contributed by atoms with Crippen LogP contribution >= 0.6 is 0 Å². The van der Waals surface area contributed by atoms with Crippen LogP contribution in [-0.2, 0) is 16.0 Å². The zero-order chi connectivity index (χ0) is 28.3. The summed E-state index contributed by atoms with van der Waals surface area (Å²) in [5.41, 5.74) is 1.56. The number of amides is 1. The van der Waals surface area contributed by atoms with Crippen molar-refractivity contribution in [1.29, 1.82) is 0 Å². The molecule has 212 valence electrons. The Hall–Kier alpha value is -1.83. The van der Waals surface area contributed by atoms with Crippen molar-refractivity contribution in [1.82, 2.24) is 10.3 Å². The van der Waals surface area contributed by atoms with Crippen LogP contribution < -0.4 is 5.32 Å². The van der Waals surface area contributed by atoms with Gasteiger partial charge in [-0.3, -0.25) is 14.6 Å². The highest BCUT2D eigenvalue weighted by atomic mass is 16.5. The second-order valence-corrected chi connectivity index (χ2v) is 13.4. The Balaban J connectivity index is 2.46. The average molecular weight is 521 g/mol. The third kappa shape index (κ3) is 15.2. The number of Topliss-reactive ketones (excluding diaryl/α,β-unsaturated/α-hetero) is 1. The highest BCUT2D eigenvalue weighted by Gasteiger charge is 2.25. The molecule has 1 heterocycles. The molecule has 0 radical (unpaired) electrons. The molecule has 1 rings (SSSR count). The second-order valence-electron chi connectivity index (χ2n) is 13.4. The fraction of sp³-hybridized carbons (Fsp3) is 0.767. The van der Waals surface area contributed by atoms with Crippen molar-refractivity contribution in [3.05, 3.63) is 29.6 Å². The maximum atomic E-state index is 12.5. The molecule has 7 nitrogen and oxygen atoms in total. The molecule has 0 spiro atoms. The Kier molecular flexibility index (Phi) is 13.4. The largest absolute Gasteiger partial charge is 0.369 e. The van der Waals surface area contributed by atoms with Gasteiger partial charge in [0.15, 0.2) is 0 Å². The molecule has 0 aliphatic heterocycles. The Morgan fingerprint density at radius 2 is 1.70 bits per heavy atom. The highest BCUT2D eigenvalue weighted by Crippen LogP contribution is 2.19. The van der Waals surface area contributed by atoms with E-state index in [1.54, 1.807) is 6.20 Å². The first-order valence-corrected chi connectivity index (χ1v) is 14.0. The summed E-state index contributed by atoms with van der Waals surface area (Å²) in [5.74, 6) is 0.657. The first kappa shape index (κ1) is 33.2. The molecule has 0 aliphatic rings. The summed E-state index contributed by atoms with van der Waals surface area (Å²) in [6, 6.07) is 1.95. The van der Waals surface area contributed by atoms with E-state index in [4.69, 9.17) is 4.74 Å². The van der Waals surface area contributed by atoms with Gasteiger partial charge in [-0.15, -0.1) is 0 Å². The first-order valence-electron chi connectivity index (χ1n) is 14.0. The van der Waals surface area contributed by atoms with Gasteiger partial charge in [0, 0.05) is 37.7 Å². The van der Waals surface area contributed by atoms with Gasteiger partial charge in [-0.1, -0.05) is 20.8 Å². The summed E-state index contributed by atoms with van der Waals surface area (Å²) in [4.78, 5) is 28.6. The lowest BCUT2D eigenvalue weighted by atomic mass is 9.97. The van der Waals surface area contributed by atoms with Crippen LogP contribution in [0.15, 0.2) is 18.5 Å². The second kappa shape index (κ2) is 14.9. The SMILES string of the molecule is CC(CC[N+](C)(C)CCC(C)(C)OCC[N+](C)(C)C)Cc1cncc(C(=O)NCCCC(=O)C(C)C)c1. The number of carbonyl (C=O) groups is 2. The van der Waals surface area contributed by atoms with Gasteiger partial charge in [0.05, 0.1) is 66.1 Å². The molecule has 0 aromatic carbocycles. The Morgan fingerprint density at radius 1 is 1.03 bits per heavy atom. The van der Waals surface area contributed by atoms with Gasteiger partial charge in [-0.25, -0.2) is 0 Å². The van der Waals surface area contributed by atoms with Crippen molar-refractivity contribution in [2.75, 3.05) is 68.0 Å². The standard InChI is InChI=1S/C30H55N4O3/c1-24(2)28(35)12-11-15-32-29(36)27-21-26(22-31-23-27)20-25(3)13-16-34(9,10)17-14-30(4,5)37-19-18-33(6,7)8/h21-25H,11-20H2,1-10H3/q+1/p+1. The van der Waals surface area contributed by atoms with Gasteiger partial charge < -0.3 is 19.0 Å². The first-order chi connectivity index (χ1) is 17.0. The van der Waals surface area contributed by atoms with E-state index in [-0.39, 0.29) is 23.2 Å². The molecule has 1 unspecified atom stereocenters. The van der Waals surface area contributed by atoms with Gasteiger partial charge in [-0.2, -0.15) is 0 Å². The summed E-state index contributed by atoms with van der Waals surface area (Å²) < 4.78 is 8.09. The third-order valence-corrected chi connectivity index (χ3v) is 6.97. The molecule has 0 bridgehead atoms. The number of hydrogen-bond acceptors (Lipinski definition) is 4. The quantitative estimate of drug-likeness (QED) is 0.231. The van der Waals surface area contributed by atoms with Crippen molar-refractivity contribution in [3.63, 3.8) is 0 Å². The van der Waals surface area contributed by atoms with Gasteiger partial charge >= 0.3 is 0 Å². The van der Waals surface area contributed by atoms with E-state index in [0.717, 1.165) is 60.0 Å². The van der Waals surface area contributed by atoms with Gasteiger partial charge in [-0.05, 0) is 50.7 Å². The summed E-state index contributed by atoms with van der Waals surface area (Å²) in [6.45, 7) is 15.0. The number of ketones is 1. The molecular formula is C30H56N4O3+2. The monoisotopic (exact) mass is 520 g/mol. The minimum atomic E-state index is -0.122. The van der Waals surface area contributed by atoms with Crippen LogP contribution in [0, 0.1) is 11.8 Å². The minimum Gasteiger partial charge on any atom is -0.369 e. The Bertz CT molecular complexity index is 843. The molecule has 37 heavy (non-hydrogen) atoms. The average Bonchev–Trinajstić information content (AvgIpc) is 2.78. The van der Waals surface area contributed by atoms with Crippen LogP contribution in [0.1, 0.15) is 76.2 Å². The summed E-state index contributed by atoms with van der Waals surface area (Å²) >= 11 is 0. The van der Waals surface area contributed by atoms with Crippen LogP contribution in [0.4, 0.5) is 0 Å². The molecule has 0 saturated heterocycles. The van der Waals surface area contributed by atoms with Gasteiger partial charge in [0.1, 0.15) is 12.3 Å². The number of rotatable bonds is 18. The van der Waals surface area contributed by atoms with Crippen molar-refractivity contribution in [2.24, 2.45) is 11.8 Å². The smallest absolute Gasteiger partial charge is 0.252 e. The van der Waals surface area contributed by atoms with Crippen molar-refractivity contribution < 1.29 is 23.3 Å². The molecule has 7 heteroatoms. The number of quaternary nitrogens is 2. The van der Waals surface area contributed by atoms with Crippen molar-refractivity contribution in [3.8, 4) is 0 Å². The lowest BCUT2D eigenvalue weighted by Gasteiger charge is -2.35. The summed E-state index contributed by atoms with van der Waals surface area (Å²) in [5, 5.41) is 2.92. The molecule has 0 aliphatic carbocycles. The number of likely N-dealkylation sites (N-methyl/N-ethyl adjacent to an activating group) is 1. The van der Waals surface area contributed by atoms with E-state index in [9.17, 15) is 9.59 Å². The maximum absolute atomic E-state index is 12.5. The molecule has 0 saturated carbocycles. The third-order valence-electron chi connectivity index (χ3n) is 6.97. The number of ether oxygens (including phenoxy) is 1. The van der Waals surface area contributed by atoms with Crippen LogP contribution in [0.25, 0.3) is 0 Å². The normalized spacial score (nSPS) is 13.6. The molecule has 1 aromatic rings. The van der Waals surface area contributed by atoms with Crippen LogP contribution in [0.3, 0.4) is 0 Å². The van der Waals surface area contributed by atoms with Gasteiger partial charge in [0.25, 0.3) is 5.91 Å². The van der Waals surface area contributed by atoms with E-state index < -0.39 is 0 Å². The molecule has 1 N–H and O–H groups in total. The number of nitrogens with one attached hydrogen (secondary N) is 1. The number of hydrogen-bond donors (Lipinski definition) is 1. The predicted octanol–water partition coefficient (Wildman–Crippen LogP) is 4.35. The Labute approximate surface area is 227 Å². The highest BCUT2D eigenvalue weighted by molar-refractivity contribution is 5.94.